The fraction of sp³-hybridized carbons (Fsp3) is 0.857. The Morgan fingerprint density at radius 1 is 1.30 bits per heavy atom. The quantitative estimate of drug-likeness (QED) is 0.444. The lowest BCUT2D eigenvalue weighted by Gasteiger charge is -2.48. The largest absolute Gasteiger partial charge is 0.446 e. The SMILES string of the molecule is CC1CC=C2C[C@@H](OC(=O)NCC[N+](C)(CCO)CCO)CC[C@]2(C)C1C. The summed E-state index contributed by atoms with van der Waals surface area (Å²) in [4.78, 5) is 12.2. The lowest BCUT2D eigenvalue weighted by atomic mass is 9.57. The molecule has 156 valence electrons. The van der Waals surface area contributed by atoms with E-state index in [1.54, 1.807) is 0 Å². The number of rotatable bonds is 8. The van der Waals surface area contributed by atoms with Crippen molar-refractivity contribution in [1.29, 1.82) is 0 Å². The molecule has 0 radical (unpaired) electrons. The number of amides is 1. The van der Waals surface area contributed by atoms with Crippen LogP contribution < -0.4 is 5.32 Å². The first-order chi connectivity index (χ1) is 12.7. The Kier molecular flexibility index (Phi) is 7.72. The molecule has 0 bridgehead atoms. The van der Waals surface area contributed by atoms with Crippen molar-refractivity contribution in [3.63, 3.8) is 0 Å². The minimum atomic E-state index is -0.360. The van der Waals surface area contributed by atoms with Crippen LogP contribution in [-0.4, -0.2) is 73.3 Å². The van der Waals surface area contributed by atoms with Gasteiger partial charge in [0.15, 0.2) is 0 Å². The molecular formula is C21H39N2O4+. The van der Waals surface area contributed by atoms with Crippen molar-refractivity contribution >= 4 is 6.09 Å². The van der Waals surface area contributed by atoms with Gasteiger partial charge < -0.3 is 24.7 Å². The number of carbonyl (C=O) groups is 1. The molecule has 4 atom stereocenters. The Bertz CT molecular complexity index is 530. The van der Waals surface area contributed by atoms with Crippen molar-refractivity contribution in [1.82, 2.24) is 5.32 Å². The number of aliphatic hydroxyl groups is 2. The first-order valence-corrected chi connectivity index (χ1v) is 10.4. The standard InChI is InChI=1S/C21H38N2O4/c1-16-5-6-18-15-19(7-8-21(18,3)17(16)2)27-20(26)22-9-10-23(4,11-13-24)12-14-25/h6,16-17,19,24-25H,5,7-15H2,1-4H3/p+1/t16?,17?,19-,21+/m0/s1. The number of ether oxygens (including phenoxy) is 1. The molecule has 0 heterocycles. The average molecular weight is 384 g/mol. The van der Waals surface area contributed by atoms with E-state index in [0.29, 0.717) is 42.5 Å². The number of hydrogen-bond acceptors (Lipinski definition) is 4. The molecule has 1 saturated carbocycles. The molecule has 6 nitrogen and oxygen atoms in total. The Morgan fingerprint density at radius 3 is 2.59 bits per heavy atom. The number of nitrogens with one attached hydrogen (secondary N) is 1. The highest BCUT2D eigenvalue weighted by Crippen LogP contribution is 2.52. The van der Waals surface area contributed by atoms with Crippen LogP contribution in [0, 0.1) is 17.3 Å². The number of hydrogen-bond donors (Lipinski definition) is 3. The summed E-state index contributed by atoms with van der Waals surface area (Å²) in [5.41, 5.74) is 1.72. The van der Waals surface area contributed by atoms with Gasteiger partial charge in [0.05, 0.1) is 33.4 Å². The molecule has 0 spiro atoms. The molecule has 0 aromatic rings. The van der Waals surface area contributed by atoms with Crippen molar-refractivity contribution in [2.75, 3.05) is 46.4 Å². The van der Waals surface area contributed by atoms with E-state index < -0.39 is 0 Å². The Hall–Kier alpha value is -1.11. The molecule has 0 aliphatic heterocycles. The monoisotopic (exact) mass is 383 g/mol. The maximum Gasteiger partial charge on any atom is 0.407 e. The van der Waals surface area contributed by atoms with Crippen LogP contribution in [0.25, 0.3) is 0 Å². The topological polar surface area (TPSA) is 78.8 Å². The number of nitrogens with zero attached hydrogens (tertiary/aromatic N) is 1. The molecule has 0 aromatic carbocycles. The molecule has 2 aliphatic rings. The number of alkyl carbamates (subject to hydrolysis) is 1. The number of fused-ring (bicyclic) bond motifs is 1. The summed E-state index contributed by atoms with van der Waals surface area (Å²) in [7, 11) is 1.97. The second-order valence-corrected chi connectivity index (χ2v) is 9.08. The maximum atomic E-state index is 12.2. The molecule has 2 rings (SSSR count). The van der Waals surface area contributed by atoms with Gasteiger partial charge in [-0.05, 0) is 36.5 Å². The van der Waals surface area contributed by atoms with Gasteiger partial charge in [-0.25, -0.2) is 4.79 Å². The van der Waals surface area contributed by atoms with Gasteiger partial charge in [-0.15, -0.1) is 0 Å². The van der Waals surface area contributed by atoms with Crippen molar-refractivity contribution in [3.8, 4) is 0 Å². The normalized spacial score (nSPS) is 31.0. The van der Waals surface area contributed by atoms with E-state index >= 15 is 0 Å². The van der Waals surface area contributed by atoms with E-state index in [-0.39, 0.29) is 30.8 Å². The fourth-order valence-electron chi connectivity index (χ4n) is 4.74. The number of allylic oxidation sites excluding steroid dienone is 1. The molecule has 1 amide bonds. The minimum absolute atomic E-state index is 0.0410. The third-order valence-electron chi connectivity index (χ3n) is 7.24. The lowest BCUT2D eigenvalue weighted by Crippen LogP contribution is -2.52. The highest BCUT2D eigenvalue weighted by molar-refractivity contribution is 5.67. The van der Waals surface area contributed by atoms with Crippen LogP contribution in [0.5, 0.6) is 0 Å². The predicted molar refractivity (Wildman–Crippen MR) is 106 cm³/mol. The van der Waals surface area contributed by atoms with Crippen molar-refractivity contribution in [3.05, 3.63) is 11.6 Å². The molecule has 6 heteroatoms. The molecule has 2 aliphatic carbocycles. The molecule has 3 N–H and O–H groups in total. The second-order valence-electron chi connectivity index (χ2n) is 9.08. The van der Waals surface area contributed by atoms with E-state index in [1.807, 2.05) is 7.05 Å². The zero-order chi connectivity index (χ0) is 20.1. The molecule has 0 aromatic heterocycles. The van der Waals surface area contributed by atoms with E-state index in [4.69, 9.17) is 4.74 Å². The summed E-state index contributed by atoms with van der Waals surface area (Å²) >= 11 is 0. The third kappa shape index (κ3) is 5.46. The average Bonchev–Trinajstić information content (AvgIpc) is 2.60. The second kappa shape index (κ2) is 9.39. The summed E-state index contributed by atoms with van der Waals surface area (Å²) < 4.78 is 6.21. The summed E-state index contributed by atoms with van der Waals surface area (Å²) in [6, 6.07) is 0. The van der Waals surface area contributed by atoms with Crippen molar-refractivity contribution in [2.45, 2.75) is 52.6 Å². The minimum Gasteiger partial charge on any atom is -0.446 e. The van der Waals surface area contributed by atoms with Crippen molar-refractivity contribution in [2.24, 2.45) is 17.3 Å². The van der Waals surface area contributed by atoms with Gasteiger partial charge in [0.25, 0.3) is 0 Å². The zero-order valence-corrected chi connectivity index (χ0v) is 17.5. The summed E-state index contributed by atoms with van der Waals surface area (Å²) in [6.45, 7) is 9.43. The smallest absolute Gasteiger partial charge is 0.407 e. The summed E-state index contributed by atoms with van der Waals surface area (Å²) in [6.07, 6.45) is 5.94. The van der Waals surface area contributed by atoms with Gasteiger partial charge in [0.2, 0.25) is 0 Å². The van der Waals surface area contributed by atoms with Gasteiger partial charge in [-0.3, -0.25) is 0 Å². The van der Waals surface area contributed by atoms with E-state index in [9.17, 15) is 15.0 Å². The number of aliphatic hydroxyl groups excluding tert-OH is 2. The number of carbonyl (C=O) groups excluding carboxylic acids is 1. The van der Waals surface area contributed by atoms with Crippen molar-refractivity contribution < 1.29 is 24.2 Å². The first kappa shape index (κ1) is 22.2. The van der Waals surface area contributed by atoms with Crippen LogP contribution in [0.3, 0.4) is 0 Å². The van der Waals surface area contributed by atoms with Gasteiger partial charge >= 0.3 is 6.09 Å². The Morgan fingerprint density at radius 2 is 1.96 bits per heavy atom. The van der Waals surface area contributed by atoms with Crippen LogP contribution in [0.1, 0.15) is 46.5 Å². The highest BCUT2D eigenvalue weighted by atomic mass is 16.6. The van der Waals surface area contributed by atoms with Crippen LogP contribution in [0.15, 0.2) is 11.6 Å². The number of likely N-dealkylation sites (N-methyl/N-ethyl adjacent to an activating group) is 1. The van der Waals surface area contributed by atoms with E-state index in [0.717, 1.165) is 25.7 Å². The van der Waals surface area contributed by atoms with E-state index in [2.05, 4.69) is 32.2 Å². The predicted octanol–water partition coefficient (Wildman–Crippen LogP) is 2.30. The van der Waals surface area contributed by atoms with E-state index in [1.165, 1.54) is 5.57 Å². The van der Waals surface area contributed by atoms with Crippen LogP contribution in [0.2, 0.25) is 0 Å². The van der Waals surface area contributed by atoms with Gasteiger partial charge in [-0.1, -0.05) is 32.4 Å². The molecule has 2 unspecified atom stereocenters. The third-order valence-corrected chi connectivity index (χ3v) is 7.24. The molecular weight excluding hydrogens is 344 g/mol. The lowest BCUT2D eigenvalue weighted by molar-refractivity contribution is -0.908. The Labute approximate surface area is 164 Å². The maximum absolute atomic E-state index is 12.2. The highest BCUT2D eigenvalue weighted by Gasteiger charge is 2.44. The number of quaternary nitrogens is 1. The van der Waals surface area contributed by atoms with Crippen LogP contribution in [-0.2, 0) is 4.74 Å². The molecule has 27 heavy (non-hydrogen) atoms. The summed E-state index contributed by atoms with van der Waals surface area (Å²) in [5, 5.41) is 21.2. The molecule has 0 saturated heterocycles. The zero-order valence-electron chi connectivity index (χ0n) is 17.5. The molecule has 1 fully saturated rings. The van der Waals surface area contributed by atoms with Gasteiger partial charge in [-0.2, -0.15) is 0 Å². The summed E-state index contributed by atoms with van der Waals surface area (Å²) in [5.74, 6) is 1.38. The van der Waals surface area contributed by atoms with Crippen LogP contribution in [0.4, 0.5) is 4.79 Å². The fourth-order valence-corrected chi connectivity index (χ4v) is 4.74. The Balaban J connectivity index is 1.80. The van der Waals surface area contributed by atoms with Gasteiger partial charge in [0, 0.05) is 6.42 Å². The van der Waals surface area contributed by atoms with Crippen LogP contribution >= 0.6 is 0 Å². The van der Waals surface area contributed by atoms with Gasteiger partial charge in [0.1, 0.15) is 19.2 Å². The first-order valence-electron chi connectivity index (χ1n) is 10.4.